The highest BCUT2D eigenvalue weighted by atomic mass is 19.1. The van der Waals surface area contributed by atoms with E-state index in [9.17, 15) is 14.0 Å². The van der Waals surface area contributed by atoms with E-state index in [0.717, 1.165) is 0 Å². The first kappa shape index (κ1) is 18.3. The van der Waals surface area contributed by atoms with Crippen molar-refractivity contribution in [2.45, 2.75) is 6.10 Å². The first-order valence-electron chi connectivity index (χ1n) is 8.35. The Morgan fingerprint density at radius 2 is 1.41 bits per heavy atom. The van der Waals surface area contributed by atoms with Crippen LogP contribution in [0, 0.1) is 5.82 Å². The predicted octanol–water partition coefficient (Wildman–Crippen LogP) is 4.37. The van der Waals surface area contributed by atoms with E-state index >= 15 is 0 Å². The molecule has 0 aromatic heterocycles. The first-order chi connectivity index (χ1) is 13.1. The molecule has 3 aromatic carbocycles. The summed E-state index contributed by atoms with van der Waals surface area (Å²) in [5.41, 5.74) is 1.01. The fraction of sp³-hybridized carbons (Fsp3) is 0.0909. The third kappa shape index (κ3) is 5.01. The Balaban J connectivity index is 1.72. The van der Waals surface area contributed by atoms with Gasteiger partial charge in [-0.25, -0.2) is 9.18 Å². The van der Waals surface area contributed by atoms with Crippen LogP contribution < -0.4 is 4.74 Å². The minimum atomic E-state index is -1.07. The molecule has 0 aliphatic rings. The van der Waals surface area contributed by atoms with E-state index in [4.69, 9.17) is 9.47 Å². The number of hydrogen-bond donors (Lipinski definition) is 0. The second kappa shape index (κ2) is 8.76. The second-order valence-corrected chi connectivity index (χ2v) is 5.75. The molecular formula is C22H17FO4. The molecule has 0 radical (unpaired) electrons. The summed E-state index contributed by atoms with van der Waals surface area (Å²) in [5.74, 6) is -1.09. The van der Waals surface area contributed by atoms with Gasteiger partial charge in [-0.2, -0.15) is 0 Å². The molecule has 0 aliphatic carbocycles. The molecule has 1 atom stereocenters. The maximum absolute atomic E-state index is 12.9. The Morgan fingerprint density at radius 3 is 2.04 bits per heavy atom. The molecule has 3 rings (SSSR count). The average Bonchev–Trinajstić information content (AvgIpc) is 2.72. The average molecular weight is 364 g/mol. The van der Waals surface area contributed by atoms with E-state index in [0.29, 0.717) is 16.9 Å². The molecule has 0 heterocycles. The lowest BCUT2D eigenvalue weighted by Gasteiger charge is -2.17. The summed E-state index contributed by atoms with van der Waals surface area (Å²) in [4.78, 5) is 25.1. The number of rotatable bonds is 7. The quantitative estimate of drug-likeness (QED) is 0.461. The molecule has 0 unspecified atom stereocenters. The second-order valence-electron chi connectivity index (χ2n) is 5.75. The van der Waals surface area contributed by atoms with E-state index in [-0.39, 0.29) is 5.78 Å². The Bertz CT molecular complexity index is 893. The molecule has 136 valence electrons. The van der Waals surface area contributed by atoms with Crippen molar-refractivity contribution < 1.29 is 23.5 Å². The number of esters is 1. The van der Waals surface area contributed by atoms with Crippen LogP contribution in [0.3, 0.4) is 0 Å². The minimum Gasteiger partial charge on any atom is -0.482 e. The summed E-state index contributed by atoms with van der Waals surface area (Å²) in [6.45, 7) is -0.392. The van der Waals surface area contributed by atoms with Gasteiger partial charge in [-0.15, -0.1) is 0 Å². The van der Waals surface area contributed by atoms with E-state index in [1.807, 2.05) is 6.07 Å². The van der Waals surface area contributed by atoms with Gasteiger partial charge in [-0.1, -0.05) is 60.7 Å². The molecule has 3 aromatic rings. The van der Waals surface area contributed by atoms with Crippen LogP contribution in [0.15, 0.2) is 84.9 Å². The van der Waals surface area contributed by atoms with E-state index < -0.39 is 24.5 Å². The van der Waals surface area contributed by atoms with E-state index in [1.54, 1.807) is 54.6 Å². The number of Topliss-reactive ketones (excluding diaryl/α,β-unsaturated/α-hetero) is 1. The van der Waals surface area contributed by atoms with Crippen molar-refractivity contribution in [3.8, 4) is 5.75 Å². The van der Waals surface area contributed by atoms with Crippen LogP contribution in [0.4, 0.5) is 4.39 Å². The maximum atomic E-state index is 12.9. The standard InChI is InChI=1S/C22H17FO4/c23-18-11-13-19(14-12-18)26-15-20(24)27-22(17-9-5-2-6-10-17)21(25)16-7-3-1-4-8-16/h1-14,22H,15H2/t22-/m0/s1. The van der Waals surface area contributed by atoms with Crippen LogP contribution in [0.1, 0.15) is 22.0 Å². The summed E-state index contributed by atoms with van der Waals surface area (Å²) in [6.07, 6.45) is -1.07. The largest absolute Gasteiger partial charge is 0.482 e. The molecule has 0 bridgehead atoms. The van der Waals surface area contributed by atoms with E-state index in [1.165, 1.54) is 24.3 Å². The van der Waals surface area contributed by atoms with Crippen LogP contribution in [-0.2, 0) is 9.53 Å². The van der Waals surface area contributed by atoms with Gasteiger partial charge in [0, 0.05) is 11.1 Å². The molecule has 0 saturated carbocycles. The zero-order valence-corrected chi connectivity index (χ0v) is 14.4. The van der Waals surface area contributed by atoms with Gasteiger partial charge in [0.05, 0.1) is 0 Å². The number of ketones is 1. The highest BCUT2D eigenvalue weighted by Crippen LogP contribution is 2.23. The van der Waals surface area contributed by atoms with Crippen LogP contribution in [0.2, 0.25) is 0 Å². The number of halogens is 1. The summed E-state index contributed by atoms with van der Waals surface area (Å²) in [6, 6.07) is 22.7. The highest BCUT2D eigenvalue weighted by Gasteiger charge is 2.26. The van der Waals surface area contributed by atoms with Gasteiger partial charge >= 0.3 is 5.97 Å². The molecule has 0 spiro atoms. The highest BCUT2D eigenvalue weighted by molar-refractivity contribution is 6.01. The fourth-order valence-electron chi connectivity index (χ4n) is 2.49. The van der Waals surface area contributed by atoms with Crippen molar-refractivity contribution in [1.82, 2.24) is 0 Å². The van der Waals surface area contributed by atoms with Crippen molar-refractivity contribution in [3.63, 3.8) is 0 Å². The lowest BCUT2D eigenvalue weighted by Crippen LogP contribution is -2.23. The monoisotopic (exact) mass is 364 g/mol. The summed E-state index contributed by atoms with van der Waals surface area (Å²) in [5, 5.41) is 0. The summed E-state index contributed by atoms with van der Waals surface area (Å²) < 4.78 is 23.6. The summed E-state index contributed by atoms with van der Waals surface area (Å²) >= 11 is 0. The van der Waals surface area contributed by atoms with Gasteiger partial charge in [0.2, 0.25) is 5.78 Å². The normalized spacial score (nSPS) is 11.4. The Kier molecular flexibility index (Phi) is 5.94. The van der Waals surface area contributed by atoms with Crippen molar-refractivity contribution in [3.05, 3.63) is 102 Å². The topological polar surface area (TPSA) is 52.6 Å². The molecule has 0 fully saturated rings. The van der Waals surface area contributed by atoms with Crippen LogP contribution in [-0.4, -0.2) is 18.4 Å². The molecule has 27 heavy (non-hydrogen) atoms. The van der Waals surface area contributed by atoms with Gasteiger partial charge in [-0.05, 0) is 24.3 Å². The number of ether oxygens (including phenoxy) is 2. The SMILES string of the molecule is O=C(COc1ccc(F)cc1)O[C@H](C(=O)c1ccccc1)c1ccccc1. The van der Waals surface area contributed by atoms with Crippen molar-refractivity contribution >= 4 is 11.8 Å². The molecule has 0 aliphatic heterocycles. The zero-order valence-electron chi connectivity index (χ0n) is 14.4. The minimum absolute atomic E-state index is 0.322. The van der Waals surface area contributed by atoms with Gasteiger partial charge in [0.25, 0.3) is 0 Å². The molecule has 0 saturated heterocycles. The summed E-state index contributed by atoms with van der Waals surface area (Å²) in [7, 11) is 0. The predicted molar refractivity (Wildman–Crippen MR) is 97.9 cm³/mol. The van der Waals surface area contributed by atoms with Crippen LogP contribution >= 0.6 is 0 Å². The molecule has 5 heteroatoms. The fourth-order valence-corrected chi connectivity index (χ4v) is 2.49. The van der Waals surface area contributed by atoms with Crippen LogP contribution in [0.5, 0.6) is 5.75 Å². The van der Waals surface area contributed by atoms with E-state index in [2.05, 4.69) is 0 Å². The third-order valence-corrected chi connectivity index (χ3v) is 3.82. The maximum Gasteiger partial charge on any atom is 0.345 e. The number of hydrogen-bond acceptors (Lipinski definition) is 4. The molecule has 4 nitrogen and oxygen atoms in total. The lowest BCUT2D eigenvalue weighted by molar-refractivity contribution is -0.149. The number of carbonyl (C=O) groups excluding carboxylic acids is 2. The van der Waals surface area contributed by atoms with Gasteiger partial charge in [0.15, 0.2) is 12.7 Å². The zero-order chi connectivity index (χ0) is 19.1. The first-order valence-corrected chi connectivity index (χ1v) is 8.35. The van der Waals surface area contributed by atoms with Crippen molar-refractivity contribution in [2.75, 3.05) is 6.61 Å². The van der Waals surface area contributed by atoms with Crippen molar-refractivity contribution in [1.29, 1.82) is 0 Å². The number of carbonyl (C=O) groups is 2. The van der Waals surface area contributed by atoms with Gasteiger partial charge in [-0.3, -0.25) is 4.79 Å². The third-order valence-electron chi connectivity index (χ3n) is 3.82. The number of benzene rings is 3. The Hall–Kier alpha value is -3.47. The van der Waals surface area contributed by atoms with Gasteiger partial charge < -0.3 is 9.47 Å². The Labute approximate surface area is 156 Å². The van der Waals surface area contributed by atoms with Crippen LogP contribution in [0.25, 0.3) is 0 Å². The molecular weight excluding hydrogens is 347 g/mol. The smallest absolute Gasteiger partial charge is 0.345 e. The molecule has 0 amide bonds. The molecule has 0 N–H and O–H groups in total. The lowest BCUT2D eigenvalue weighted by atomic mass is 10.00. The van der Waals surface area contributed by atoms with Gasteiger partial charge in [0.1, 0.15) is 11.6 Å². The van der Waals surface area contributed by atoms with Crippen molar-refractivity contribution in [2.24, 2.45) is 0 Å². The Morgan fingerprint density at radius 1 is 0.815 bits per heavy atom.